The van der Waals surface area contributed by atoms with Crippen LogP contribution in [0, 0.1) is 20.2 Å². The molecule has 26 heavy (non-hydrogen) atoms. The number of carbonyl (C=O) groups excluding carboxylic acids is 1. The van der Waals surface area contributed by atoms with Gasteiger partial charge in [0.1, 0.15) is 0 Å². The largest absolute Gasteiger partial charge is 0.281 e. The number of nitro groups is 2. The summed E-state index contributed by atoms with van der Waals surface area (Å²) < 4.78 is 0.750. The molecule has 0 saturated carbocycles. The highest BCUT2D eigenvalue weighted by molar-refractivity contribution is 7.20. The van der Waals surface area contributed by atoms with Gasteiger partial charge in [-0.25, -0.2) is 5.43 Å². The third-order valence-electron chi connectivity index (χ3n) is 3.42. The molecule has 0 aliphatic rings. The van der Waals surface area contributed by atoms with Crippen molar-refractivity contribution in [2.45, 2.75) is 0 Å². The Morgan fingerprint density at radius 2 is 1.65 bits per heavy atom. The number of fused-ring (bicyclic) bond motifs is 1. The Labute approximate surface area is 149 Å². The van der Waals surface area contributed by atoms with Gasteiger partial charge in [-0.1, -0.05) is 0 Å². The van der Waals surface area contributed by atoms with Gasteiger partial charge in [0.25, 0.3) is 17.3 Å². The summed E-state index contributed by atoms with van der Waals surface area (Å²) in [6.07, 6.45) is 1.36. The Morgan fingerprint density at radius 3 is 2.31 bits per heavy atom. The standard InChI is InChI=1S/C16H10N4O5S/c21-16(18-17-9-10-1-3-12(4-2-10)19(22)23)15-8-11-7-13(20(24)25)5-6-14(11)26-15/h1-9H,(H,18,21). The predicted molar refractivity (Wildman–Crippen MR) is 96.6 cm³/mol. The Bertz CT molecular complexity index is 1040. The molecule has 0 bridgehead atoms. The normalized spacial score (nSPS) is 10.9. The molecule has 0 unspecified atom stereocenters. The van der Waals surface area contributed by atoms with Gasteiger partial charge in [-0.05, 0) is 29.8 Å². The minimum absolute atomic E-state index is 0.0365. The monoisotopic (exact) mass is 370 g/mol. The number of thiophene rings is 1. The molecule has 9 nitrogen and oxygen atoms in total. The van der Waals surface area contributed by atoms with E-state index < -0.39 is 15.8 Å². The van der Waals surface area contributed by atoms with Crippen molar-refractivity contribution in [3.8, 4) is 0 Å². The molecular weight excluding hydrogens is 360 g/mol. The van der Waals surface area contributed by atoms with E-state index in [9.17, 15) is 25.0 Å². The van der Waals surface area contributed by atoms with Crippen molar-refractivity contribution in [2.75, 3.05) is 0 Å². The van der Waals surface area contributed by atoms with Crippen molar-refractivity contribution in [3.05, 3.63) is 79.2 Å². The van der Waals surface area contributed by atoms with Gasteiger partial charge in [0, 0.05) is 34.4 Å². The number of amides is 1. The molecule has 1 N–H and O–H groups in total. The molecule has 1 aromatic heterocycles. The third kappa shape index (κ3) is 3.70. The van der Waals surface area contributed by atoms with Crippen LogP contribution in [0.25, 0.3) is 10.1 Å². The summed E-state index contributed by atoms with van der Waals surface area (Å²) in [6.45, 7) is 0. The van der Waals surface area contributed by atoms with E-state index in [0.717, 1.165) is 4.70 Å². The zero-order chi connectivity index (χ0) is 18.7. The number of nitro benzene ring substituents is 2. The number of hydrogen-bond acceptors (Lipinski definition) is 7. The lowest BCUT2D eigenvalue weighted by Gasteiger charge is -1.96. The van der Waals surface area contributed by atoms with Crippen LogP contribution in [0.1, 0.15) is 15.2 Å². The van der Waals surface area contributed by atoms with Crippen molar-refractivity contribution < 1.29 is 14.6 Å². The zero-order valence-corrected chi connectivity index (χ0v) is 13.8. The summed E-state index contributed by atoms with van der Waals surface area (Å²) in [7, 11) is 0. The molecule has 3 aromatic rings. The number of rotatable bonds is 5. The molecule has 2 aromatic carbocycles. The number of carbonyl (C=O) groups is 1. The van der Waals surface area contributed by atoms with Crippen LogP contribution in [-0.4, -0.2) is 22.0 Å². The van der Waals surface area contributed by atoms with Gasteiger partial charge in [-0.2, -0.15) is 5.10 Å². The van der Waals surface area contributed by atoms with E-state index in [1.54, 1.807) is 12.1 Å². The maximum Gasteiger partial charge on any atom is 0.281 e. The first-order valence-electron chi connectivity index (χ1n) is 7.20. The second kappa shape index (κ2) is 7.07. The second-order valence-corrected chi connectivity index (χ2v) is 6.22. The number of benzene rings is 2. The van der Waals surface area contributed by atoms with Crippen molar-refractivity contribution in [1.82, 2.24) is 5.43 Å². The lowest BCUT2D eigenvalue weighted by molar-refractivity contribution is -0.385. The number of non-ortho nitro benzene ring substituents is 2. The fourth-order valence-electron chi connectivity index (χ4n) is 2.16. The van der Waals surface area contributed by atoms with Crippen LogP contribution in [-0.2, 0) is 0 Å². The van der Waals surface area contributed by atoms with Gasteiger partial charge < -0.3 is 0 Å². The zero-order valence-electron chi connectivity index (χ0n) is 13.0. The SMILES string of the molecule is O=C(NN=Cc1ccc([N+](=O)[O-])cc1)c1cc2cc([N+](=O)[O-])ccc2s1. The van der Waals surface area contributed by atoms with Crippen LogP contribution < -0.4 is 5.43 Å². The van der Waals surface area contributed by atoms with Crippen molar-refractivity contribution in [3.63, 3.8) is 0 Å². The molecule has 0 aliphatic carbocycles. The van der Waals surface area contributed by atoms with E-state index >= 15 is 0 Å². The summed E-state index contributed by atoms with van der Waals surface area (Å²) in [5.41, 5.74) is 2.86. The molecule has 3 rings (SSSR count). The minimum atomic E-state index is -0.505. The molecule has 10 heteroatoms. The highest BCUT2D eigenvalue weighted by Gasteiger charge is 2.13. The summed E-state index contributed by atoms with van der Waals surface area (Å²) in [5, 5.41) is 25.8. The summed E-state index contributed by atoms with van der Waals surface area (Å²) in [6, 6.07) is 11.6. The number of nitrogens with one attached hydrogen (secondary N) is 1. The Morgan fingerprint density at radius 1 is 1.00 bits per heavy atom. The fraction of sp³-hybridized carbons (Fsp3) is 0. The molecule has 0 spiro atoms. The Hall–Kier alpha value is -3.66. The molecular formula is C16H10N4O5S. The van der Waals surface area contributed by atoms with Crippen molar-refractivity contribution >= 4 is 44.9 Å². The van der Waals surface area contributed by atoms with Crippen LogP contribution in [0.15, 0.2) is 53.6 Å². The lowest BCUT2D eigenvalue weighted by atomic mass is 10.2. The number of hydrazone groups is 1. The van der Waals surface area contributed by atoms with Gasteiger partial charge in [0.15, 0.2) is 0 Å². The molecule has 0 aliphatic heterocycles. The highest BCUT2D eigenvalue weighted by atomic mass is 32.1. The summed E-state index contributed by atoms with van der Waals surface area (Å²) in [4.78, 5) is 32.9. The molecule has 1 heterocycles. The van der Waals surface area contributed by atoms with Crippen molar-refractivity contribution in [1.29, 1.82) is 0 Å². The average molecular weight is 370 g/mol. The van der Waals surface area contributed by atoms with Gasteiger partial charge >= 0.3 is 0 Å². The van der Waals surface area contributed by atoms with Crippen LogP contribution in [0.2, 0.25) is 0 Å². The van der Waals surface area contributed by atoms with Crippen LogP contribution in [0.4, 0.5) is 11.4 Å². The van der Waals surface area contributed by atoms with Gasteiger partial charge in [0.05, 0.1) is 20.9 Å². The van der Waals surface area contributed by atoms with E-state index in [0.29, 0.717) is 15.8 Å². The Kier molecular flexibility index (Phi) is 4.67. The first-order valence-corrected chi connectivity index (χ1v) is 8.01. The number of hydrogen-bond donors (Lipinski definition) is 1. The number of nitrogens with zero attached hydrogens (tertiary/aromatic N) is 3. The summed E-state index contributed by atoms with van der Waals surface area (Å²) in [5.74, 6) is -0.452. The van der Waals surface area contributed by atoms with E-state index in [1.807, 2.05) is 0 Å². The fourth-order valence-corrected chi connectivity index (χ4v) is 3.09. The highest BCUT2D eigenvalue weighted by Crippen LogP contribution is 2.28. The molecule has 1 amide bonds. The predicted octanol–water partition coefficient (Wildman–Crippen LogP) is 3.48. The lowest BCUT2D eigenvalue weighted by Crippen LogP contribution is -2.16. The first-order chi connectivity index (χ1) is 12.4. The van der Waals surface area contributed by atoms with E-state index in [4.69, 9.17) is 0 Å². The van der Waals surface area contributed by atoms with Crippen molar-refractivity contribution in [2.24, 2.45) is 5.10 Å². The molecule has 0 radical (unpaired) electrons. The van der Waals surface area contributed by atoms with Crippen LogP contribution in [0.3, 0.4) is 0 Å². The average Bonchev–Trinajstić information content (AvgIpc) is 3.05. The van der Waals surface area contributed by atoms with Crippen LogP contribution in [0.5, 0.6) is 0 Å². The molecule has 130 valence electrons. The van der Waals surface area contributed by atoms with Gasteiger partial charge in [-0.15, -0.1) is 11.3 Å². The van der Waals surface area contributed by atoms with E-state index in [2.05, 4.69) is 10.5 Å². The maximum absolute atomic E-state index is 12.1. The Balaban J connectivity index is 1.70. The van der Waals surface area contributed by atoms with Gasteiger partial charge in [0.2, 0.25) is 0 Å². The van der Waals surface area contributed by atoms with E-state index in [-0.39, 0.29) is 11.4 Å². The smallest absolute Gasteiger partial charge is 0.266 e. The second-order valence-electron chi connectivity index (χ2n) is 5.14. The molecule has 0 fully saturated rings. The third-order valence-corrected chi connectivity index (χ3v) is 4.53. The topological polar surface area (TPSA) is 128 Å². The first kappa shape index (κ1) is 17.2. The van der Waals surface area contributed by atoms with Crippen LogP contribution >= 0.6 is 11.3 Å². The molecule has 0 saturated heterocycles. The summed E-state index contributed by atoms with van der Waals surface area (Å²) >= 11 is 1.19. The van der Waals surface area contributed by atoms with Gasteiger partial charge in [-0.3, -0.25) is 25.0 Å². The van der Waals surface area contributed by atoms with E-state index in [1.165, 1.54) is 53.9 Å². The molecule has 0 atom stereocenters. The maximum atomic E-state index is 12.1. The minimum Gasteiger partial charge on any atom is -0.266 e. The quantitative estimate of drug-likeness (QED) is 0.418.